The Labute approximate surface area is 110 Å². The van der Waals surface area contributed by atoms with E-state index in [1.165, 1.54) is 0 Å². The van der Waals surface area contributed by atoms with E-state index in [-0.39, 0.29) is 31.1 Å². The molecular weight excluding hydrogens is 313 g/mol. The van der Waals surface area contributed by atoms with E-state index >= 15 is 0 Å². The average molecular weight is 322 g/mol. The Hall–Kier alpha value is -0.720. The molecule has 2 rings (SSSR count). The number of hydrogen-bond donors (Lipinski definition) is 1. The fraction of sp³-hybridized carbons (Fsp3) is 0.857. The molecule has 2 fully saturated rings. The van der Waals surface area contributed by atoms with Crippen molar-refractivity contribution in [2.24, 2.45) is 0 Å². The Morgan fingerprint density at radius 2 is 2.00 bits per heavy atom. The van der Waals surface area contributed by atoms with Crippen LogP contribution in [0.4, 0.5) is 18.0 Å². The topological polar surface area (TPSA) is 87.2 Å². The molecule has 0 radical (unpaired) electrons. The van der Waals surface area contributed by atoms with E-state index < -0.39 is 33.4 Å². The molecule has 0 spiro atoms. The molecule has 1 N–H and O–H groups in total. The Kier molecular flexibility index (Phi) is 3.62. The first kappa shape index (κ1) is 14.7. The van der Waals surface area contributed by atoms with Crippen LogP contribution in [-0.4, -0.2) is 52.4 Å². The van der Waals surface area contributed by atoms with Crippen molar-refractivity contribution in [2.75, 3.05) is 6.54 Å². The van der Waals surface area contributed by atoms with Gasteiger partial charge in [0.05, 0.1) is 11.4 Å². The van der Waals surface area contributed by atoms with Crippen molar-refractivity contribution in [1.82, 2.24) is 9.96 Å². The van der Waals surface area contributed by atoms with Crippen molar-refractivity contribution >= 4 is 28.2 Å². The van der Waals surface area contributed by atoms with Crippen molar-refractivity contribution in [1.29, 1.82) is 0 Å². The zero-order valence-electron chi connectivity index (χ0n) is 9.20. The number of hydroxylamine groups is 2. The number of nitrogens with zero attached hydrogens (tertiary/aromatic N) is 2. The summed E-state index contributed by atoms with van der Waals surface area (Å²) in [6.45, 7) is -0.0674. The maximum Gasteiger partial charge on any atom is 0.443 e. The number of urea groups is 1. The number of fused-ring (bicyclic) bond motifs is 2. The van der Waals surface area contributed by atoms with Gasteiger partial charge in [-0.2, -0.15) is 26.7 Å². The smallest absolute Gasteiger partial charge is 0.308 e. The van der Waals surface area contributed by atoms with Gasteiger partial charge >= 0.3 is 21.9 Å². The summed E-state index contributed by atoms with van der Waals surface area (Å²) >= 11 is -0.328. The van der Waals surface area contributed by atoms with Crippen LogP contribution in [-0.2, 0) is 14.7 Å². The zero-order chi connectivity index (χ0) is 14.4. The first-order valence-electron chi connectivity index (χ1n) is 5.08. The highest BCUT2D eigenvalue weighted by Crippen LogP contribution is 2.42. The highest BCUT2D eigenvalue weighted by atomic mass is 32.3. The van der Waals surface area contributed by atoms with Crippen LogP contribution in [0.5, 0.6) is 0 Å². The van der Waals surface area contributed by atoms with Crippen LogP contribution in [0.2, 0.25) is 0 Å². The van der Waals surface area contributed by atoms with Crippen molar-refractivity contribution < 1.29 is 35.2 Å². The second-order valence-electron chi connectivity index (χ2n) is 4.01. The van der Waals surface area contributed by atoms with E-state index in [2.05, 4.69) is 4.28 Å². The van der Waals surface area contributed by atoms with Gasteiger partial charge in [-0.3, -0.25) is 4.55 Å². The average Bonchev–Trinajstić information content (AvgIpc) is 2.44. The molecule has 19 heavy (non-hydrogen) atoms. The maximum atomic E-state index is 12.3. The van der Waals surface area contributed by atoms with E-state index in [0.717, 1.165) is 4.90 Å². The second kappa shape index (κ2) is 4.68. The standard InChI is InChI=1S/C7H9F3N2O5S2/c8-7(9,10)18-5-2-1-4-3-11(5)6(13)12(4)17-19(14,15)16/h4-5H,1-3H2,(H,14,15,16)/t4-,5+/m0/s1. The molecule has 0 aliphatic carbocycles. The molecule has 2 aliphatic rings. The second-order valence-corrected chi connectivity index (χ2v) is 6.26. The largest absolute Gasteiger partial charge is 0.443 e. The molecule has 0 saturated carbocycles. The van der Waals surface area contributed by atoms with Crippen molar-refractivity contribution in [3.63, 3.8) is 0 Å². The van der Waals surface area contributed by atoms with Gasteiger partial charge in [0.15, 0.2) is 0 Å². The molecule has 0 aromatic rings. The van der Waals surface area contributed by atoms with E-state index in [9.17, 15) is 26.4 Å². The molecule has 0 aromatic heterocycles. The molecule has 0 unspecified atom stereocenters. The highest BCUT2D eigenvalue weighted by molar-refractivity contribution is 8.00. The maximum absolute atomic E-state index is 12.3. The first-order valence-corrected chi connectivity index (χ1v) is 7.33. The number of carbonyl (C=O) groups excluding carboxylic acids is 1. The van der Waals surface area contributed by atoms with Gasteiger partial charge in [-0.1, -0.05) is 0 Å². The van der Waals surface area contributed by atoms with Gasteiger partial charge in [0.2, 0.25) is 0 Å². The molecular formula is C7H9F3N2O5S2. The summed E-state index contributed by atoms with van der Waals surface area (Å²) in [7, 11) is -4.88. The molecule has 2 aliphatic heterocycles. The van der Waals surface area contributed by atoms with Gasteiger partial charge in [-0.15, -0.1) is 4.28 Å². The molecule has 7 nitrogen and oxygen atoms in total. The van der Waals surface area contributed by atoms with E-state index in [4.69, 9.17) is 4.55 Å². The SMILES string of the molecule is O=C1N2C[C@H](CC[C@H]2SC(F)(F)F)N1OS(=O)(=O)O. The number of rotatable bonds is 3. The lowest BCUT2D eigenvalue weighted by Gasteiger charge is -2.30. The van der Waals surface area contributed by atoms with Crippen molar-refractivity contribution in [3.8, 4) is 0 Å². The molecule has 2 bridgehead atoms. The molecule has 110 valence electrons. The molecule has 2 atom stereocenters. The van der Waals surface area contributed by atoms with Gasteiger partial charge < -0.3 is 4.90 Å². The number of alkyl halides is 3. The number of thioether (sulfide) groups is 1. The van der Waals surface area contributed by atoms with Crippen LogP contribution in [0, 0.1) is 0 Å². The lowest BCUT2D eigenvalue weighted by molar-refractivity contribution is -0.0346. The van der Waals surface area contributed by atoms with Gasteiger partial charge in [0.1, 0.15) is 0 Å². The third-order valence-corrected chi connectivity index (χ3v) is 4.09. The van der Waals surface area contributed by atoms with Gasteiger partial charge in [-0.25, -0.2) is 4.79 Å². The summed E-state index contributed by atoms with van der Waals surface area (Å²) in [5.74, 6) is 0. The Balaban J connectivity index is 2.11. The third-order valence-electron chi connectivity index (χ3n) is 2.71. The summed E-state index contributed by atoms with van der Waals surface area (Å²) in [5, 5.41) is -0.703. The summed E-state index contributed by atoms with van der Waals surface area (Å²) < 4.78 is 70.6. The Bertz CT molecular complexity index is 482. The Morgan fingerprint density at radius 3 is 2.53 bits per heavy atom. The summed E-state index contributed by atoms with van der Waals surface area (Å²) in [6, 6.07) is -1.68. The van der Waals surface area contributed by atoms with Crippen LogP contribution in [0.15, 0.2) is 0 Å². The van der Waals surface area contributed by atoms with Gasteiger partial charge in [0.25, 0.3) is 0 Å². The summed E-state index contributed by atoms with van der Waals surface area (Å²) in [5.41, 5.74) is -4.49. The van der Waals surface area contributed by atoms with Crippen LogP contribution in [0.25, 0.3) is 0 Å². The van der Waals surface area contributed by atoms with E-state index in [1.807, 2.05) is 0 Å². The van der Waals surface area contributed by atoms with Crippen LogP contribution in [0.3, 0.4) is 0 Å². The predicted octanol–water partition coefficient (Wildman–Crippen LogP) is 1.20. The normalized spacial score (nSPS) is 28.1. The van der Waals surface area contributed by atoms with Gasteiger partial charge in [0, 0.05) is 6.54 Å². The molecule has 2 saturated heterocycles. The van der Waals surface area contributed by atoms with Crippen LogP contribution in [0.1, 0.15) is 12.8 Å². The first-order chi connectivity index (χ1) is 8.57. The molecule has 2 amide bonds. The fourth-order valence-electron chi connectivity index (χ4n) is 2.07. The van der Waals surface area contributed by atoms with Gasteiger partial charge in [-0.05, 0) is 24.6 Å². The monoisotopic (exact) mass is 322 g/mol. The minimum absolute atomic E-state index is 0.0614. The van der Waals surface area contributed by atoms with E-state index in [1.54, 1.807) is 0 Å². The van der Waals surface area contributed by atoms with Crippen molar-refractivity contribution in [2.45, 2.75) is 29.8 Å². The minimum atomic E-state index is -4.88. The summed E-state index contributed by atoms with van der Waals surface area (Å²) in [4.78, 5) is 12.6. The van der Waals surface area contributed by atoms with E-state index in [0.29, 0.717) is 5.06 Å². The number of carbonyl (C=O) groups is 1. The van der Waals surface area contributed by atoms with Crippen LogP contribution >= 0.6 is 11.8 Å². The fourth-order valence-corrected chi connectivity index (χ4v) is 3.33. The highest BCUT2D eigenvalue weighted by Gasteiger charge is 2.50. The van der Waals surface area contributed by atoms with Crippen LogP contribution < -0.4 is 0 Å². The Morgan fingerprint density at radius 1 is 1.37 bits per heavy atom. The number of hydrogen-bond acceptors (Lipinski definition) is 5. The minimum Gasteiger partial charge on any atom is -0.308 e. The number of halogens is 3. The number of piperidine rings is 1. The molecule has 0 aromatic carbocycles. The third kappa shape index (κ3) is 3.43. The zero-order valence-corrected chi connectivity index (χ0v) is 10.8. The number of amides is 2. The predicted molar refractivity (Wildman–Crippen MR) is 57.0 cm³/mol. The lowest BCUT2D eigenvalue weighted by atomic mass is 10.1. The lowest BCUT2D eigenvalue weighted by Crippen LogP contribution is -2.39. The molecule has 12 heteroatoms. The quantitative estimate of drug-likeness (QED) is 0.786. The van der Waals surface area contributed by atoms with Crippen molar-refractivity contribution in [3.05, 3.63) is 0 Å². The summed E-state index contributed by atoms with van der Waals surface area (Å²) in [6.07, 6.45) is 0.220. The molecule has 2 heterocycles.